The van der Waals surface area contributed by atoms with Crippen LogP contribution >= 0.6 is 0 Å². The summed E-state index contributed by atoms with van der Waals surface area (Å²) in [6.45, 7) is 0.861. The first kappa shape index (κ1) is 12.8. The minimum Gasteiger partial charge on any atom is -0.481 e. The van der Waals surface area contributed by atoms with Crippen molar-refractivity contribution in [2.24, 2.45) is 5.92 Å². The van der Waals surface area contributed by atoms with Crippen molar-refractivity contribution in [3.63, 3.8) is 0 Å². The Kier molecular flexibility index (Phi) is 3.15. The summed E-state index contributed by atoms with van der Waals surface area (Å²) in [6.07, 6.45) is 7.18. The molecule has 1 saturated heterocycles. The number of carboxylic acids is 1. The summed E-state index contributed by atoms with van der Waals surface area (Å²) in [6, 6.07) is 0.364. The molecule has 3 rings (SSSR count). The quantitative estimate of drug-likeness (QED) is 0.820. The van der Waals surface area contributed by atoms with Crippen LogP contribution in [-0.2, 0) is 4.79 Å². The van der Waals surface area contributed by atoms with Gasteiger partial charge in [-0.1, -0.05) is 12.8 Å². The van der Waals surface area contributed by atoms with E-state index in [1.54, 1.807) is 0 Å². The molecule has 2 saturated carbocycles. The van der Waals surface area contributed by atoms with Crippen LogP contribution < -0.4 is 5.32 Å². The van der Waals surface area contributed by atoms with Gasteiger partial charge in [0.05, 0.1) is 12.0 Å². The number of aliphatic carboxylic acids is 1. The number of nitrogens with zero attached hydrogens (tertiary/aromatic N) is 1. The van der Waals surface area contributed by atoms with E-state index in [1.807, 2.05) is 4.90 Å². The monoisotopic (exact) mass is 266 g/mol. The summed E-state index contributed by atoms with van der Waals surface area (Å²) < 4.78 is 0. The highest BCUT2D eigenvalue weighted by molar-refractivity contribution is 5.77. The number of rotatable bonds is 3. The average molecular weight is 266 g/mol. The number of likely N-dealkylation sites (tertiary alicyclic amines) is 1. The Morgan fingerprint density at radius 3 is 2.53 bits per heavy atom. The standard InChI is InChI=1S/C14H22N2O3/c17-12(18)8-14(5-1-2-6-14)15-13(19)16-9-10-3-4-11(16)7-10/h10-11H,1-9H2,(H,15,19)(H,17,18). The van der Waals surface area contributed by atoms with E-state index in [2.05, 4.69) is 5.32 Å². The van der Waals surface area contributed by atoms with Crippen LogP contribution in [0, 0.1) is 5.92 Å². The van der Waals surface area contributed by atoms with Gasteiger partial charge in [-0.2, -0.15) is 0 Å². The lowest BCUT2D eigenvalue weighted by Crippen LogP contribution is -2.54. The van der Waals surface area contributed by atoms with Crippen molar-refractivity contribution < 1.29 is 14.7 Å². The molecule has 0 aromatic carbocycles. The predicted molar refractivity (Wildman–Crippen MR) is 69.8 cm³/mol. The first-order chi connectivity index (χ1) is 9.08. The van der Waals surface area contributed by atoms with E-state index in [1.165, 1.54) is 6.42 Å². The largest absolute Gasteiger partial charge is 0.481 e. The van der Waals surface area contributed by atoms with E-state index >= 15 is 0 Å². The van der Waals surface area contributed by atoms with Crippen LogP contribution in [0.2, 0.25) is 0 Å². The van der Waals surface area contributed by atoms with Gasteiger partial charge < -0.3 is 15.3 Å². The molecule has 2 bridgehead atoms. The van der Waals surface area contributed by atoms with Crippen molar-refractivity contribution in [3.05, 3.63) is 0 Å². The fraction of sp³-hybridized carbons (Fsp3) is 0.857. The number of nitrogens with one attached hydrogen (secondary N) is 1. The summed E-state index contributed by atoms with van der Waals surface area (Å²) in [5, 5.41) is 12.1. The van der Waals surface area contributed by atoms with Crippen molar-refractivity contribution in [1.82, 2.24) is 10.2 Å². The lowest BCUT2D eigenvalue weighted by Gasteiger charge is -2.34. The number of amides is 2. The molecular formula is C14H22N2O3. The lowest BCUT2D eigenvalue weighted by atomic mass is 9.93. The normalized spacial score (nSPS) is 31.7. The molecule has 19 heavy (non-hydrogen) atoms. The number of hydrogen-bond acceptors (Lipinski definition) is 2. The van der Waals surface area contributed by atoms with Gasteiger partial charge >= 0.3 is 12.0 Å². The highest BCUT2D eigenvalue weighted by Gasteiger charge is 2.44. The Morgan fingerprint density at radius 2 is 2.00 bits per heavy atom. The van der Waals surface area contributed by atoms with Crippen LogP contribution in [0.4, 0.5) is 4.79 Å². The number of piperidine rings is 1. The Hall–Kier alpha value is -1.26. The number of hydrogen-bond donors (Lipinski definition) is 2. The lowest BCUT2D eigenvalue weighted by molar-refractivity contribution is -0.138. The van der Waals surface area contributed by atoms with Crippen LogP contribution in [0.25, 0.3) is 0 Å². The highest BCUT2D eigenvalue weighted by atomic mass is 16.4. The fourth-order valence-electron chi connectivity index (χ4n) is 4.16. The van der Waals surface area contributed by atoms with Gasteiger partial charge in [-0.05, 0) is 38.0 Å². The van der Waals surface area contributed by atoms with Gasteiger partial charge in [-0.25, -0.2) is 4.79 Å². The van der Waals surface area contributed by atoms with Crippen LogP contribution in [-0.4, -0.2) is 40.1 Å². The smallest absolute Gasteiger partial charge is 0.318 e. The first-order valence-corrected chi connectivity index (χ1v) is 7.39. The zero-order chi connectivity index (χ0) is 13.5. The molecule has 0 aromatic rings. The molecule has 2 N–H and O–H groups in total. The van der Waals surface area contributed by atoms with Gasteiger partial charge in [0, 0.05) is 12.6 Å². The molecule has 106 valence electrons. The highest BCUT2D eigenvalue weighted by Crippen LogP contribution is 2.38. The molecule has 2 unspecified atom stereocenters. The van der Waals surface area contributed by atoms with Crippen molar-refractivity contribution >= 4 is 12.0 Å². The van der Waals surface area contributed by atoms with E-state index < -0.39 is 11.5 Å². The third-order valence-electron chi connectivity index (χ3n) is 5.09. The maximum absolute atomic E-state index is 12.4. The third kappa shape index (κ3) is 2.42. The number of carboxylic acid groups (broad SMARTS) is 1. The van der Waals surface area contributed by atoms with E-state index in [9.17, 15) is 9.59 Å². The fourth-order valence-corrected chi connectivity index (χ4v) is 4.16. The van der Waals surface area contributed by atoms with Gasteiger partial charge in [-0.3, -0.25) is 4.79 Å². The summed E-state index contributed by atoms with van der Waals surface area (Å²) in [5.74, 6) is -0.139. The second-order valence-electron chi connectivity index (χ2n) is 6.47. The minimum atomic E-state index is -0.815. The van der Waals surface area contributed by atoms with Gasteiger partial charge in [0.25, 0.3) is 0 Å². The van der Waals surface area contributed by atoms with E-state index in [0.29, 0.717) is 12.0 Å². The molecule has 5 nitrogen and oxygen atoms in total. The first-order valence-electron chi connectivity index (χ1n) is 7.39. The van der Waals surface area contributed by atoms with E-state index in [4.69, 9.17) is 5.11 Å². The minimum absolute atomic E-state index is 0.0321. The Bertz CT molecular complexity index is 390. The molecule has 0 spiro atoms. The topological polar surface area (TPSA) is 69.6 Å². The van der Waals surface area contributed by atoms with Crippen molar-refractivity contribution in [2.75, 3.05) is 6.54 Å². The van der Waals surface area contributed by atoms with E-state index in [0.717, 1.165) is 45.1 Å². The molecule has 1 aliphatic heterocycles. The number of carbonyl (C=O) groups is 2. The molecule has 3 aliphatic rings. The van der Waals surface area contributed by atoms with Crippen LogP contribution in [0.1, 0.15) is 51.4 Å². The zero-order valence-corrected chi connectivity index (χ0v) is 11.2. The van der Waals surface area contributed by atoms with E-state index in [-0.39, 0.29) is 12.5 Å². The molecular weight excluding hydrogens is 244 g/mol. The van der Waals surface area contributed by atoms with Crippen LogP contribution in [0.15, 0.2) is 0 Å². The van der Waals surface area contributed by atoms with Crippen molar-refractivity contribution in [1.29, 1.82) is 0 Å². The summed E-state index contributed by atoms with van der Waals surface area (Å²) in [7, 11) is 0. The predicted octanol–water partition coefficient (Wildman–Crippen LogP) is 1.97. The molecule has 5 heteroatoms. The summed E-state index contributed by atoms with van der Waals surface area (Å²) in [5.41, 5.74) is -0.495. The number of urea groups is 1. The third-order valence-corrected chi connectivity index (χ3v) is 5.09. The molecule has 0 radical (unpaired) electrons. The maximum atomic E-state index is 12.4. The van der Waals surface area contributed by atoms with Crippen LogP contribution in [0.3, 0.4) is 0 Å². The Morgan fingerprint density at radius 1 is 1.26 bits per heavy atom. The van der Waals surface area contributed by atoms with Crippen LogP contribution in [0.5, 0.6) is 0 Å². The molecule has 0 aromatic heterocycles. The summed E-state index contributed by atoms with van der Waals surface area (Å²) in [4.78, 5) is 25.4. The Labute approximate surface area is 113 Å². The average Bonchev–Trinajstić information content (AvgIpc) is 3.03. The molecule has 3 fully saturated rings. The van der Waals surface area contributed by atoms with Gasteiger partial charge in [0.15, 0.2) is 0 Å². The van der Waals surface area contributed by atoms with Gasteiger partial charge in [-0.15, -0.1) is 0 Å². The molecule has 2 amide bonds. The second kappa shape index (κ2) is 4.69. The molecule has 1 heterocycles. The van der Waals surface area contributed by atoms with Gasteiger partial charge in [0.1, 0.15) is 0 Å². The molecule has 2 aliphatic carbocycles. The Balaban J connectivity index is 1.65. The zero-order valence-electron chi connectivity index (χ0n) is 11.2. The maximum Gasteiger partial charge on any atom is 0.318 e. The van der Waals surface area contributed by atoms with Gasteiger partial charge in [0.2, 0.25) is 0 Å². The number of fused-ring (bicyclic) bond motifs is 2. The SMILES string of the molecule is O=C(O)CC1(NC(=O)N2CC3CCC2C3)CCCC1. The van der Waals surface area contributed by atoms with Crippen molar-refractivity contribution in [2.45, 2.75) is 62.9 Å². The second-order valence-corrected chi connectivity index (χ2v) is 6.47. The summed E-state index contributed by atoms with van der Waals surface area (Å²) >= 11 is 0. The number of carbonyl (C=O) groups excluding carboxylic acids is 1. The van der Waals surface area contributed by atoms with Crippen molar-refractivity contribution in [3.8, 4) is 0 Å². The molecule has 2 atom stereocenters.